The number of hydrogen-bond acceptors (Lipinski definition) is 2. The maximum absolute atomic E-state index is 11.8. The van der Waals surface area contributed by atoms with Crippen molar-refractivity contribution in [2.45, 2.75) is 0 Å². The summed E-state index contributed by atoms with van der Waals surface area (Å²) in [4.78, 5) is 16.5. The molecule has 0 fully saturated rings. The zero-order chi connectivity index (χ0) is 16.7. The Morgan fingerprint density at radius 2 is 1.75 bits per heavy atom. The first-order chi connectivity index (χ1) is 11.6. The quantitative estimate of drug-likeness (QED) is 0.468. The zero-order valence-electron chi connectivity index (χ0n) is 12.5. The molecular formula is C20H12BrNO2. The molecule has 0 saturated heterocycles. The number of benzene rings is 3. The number of nitrogens with zero attached hydrogens (tertiary/aromatic N) is 1. The van der Waals surface area contributed by atoms with Gasteiger partial charge in [-0.2, -0.15) is 0 Å². The van der Waals surface area contributed by atoms with Gasteiger partial charge in [-0.25, -0.2) is 9.78 Å². The molecule has 0 aliphatic carbocycles. The molecule has 0 radical (unpaired) electrons. The van der Waals surface area contributed by atoms with Crippen molar-refractivity contribution < 1.29 is 9.90 Å². The molecule has 0 aliphatic heterocycles. The fraction of sp³-hybridized carbons (Fsp3) is 0. The van der Waals surface area contributed by atoms with E-state index in [0.717, 1.165) is 20.8 Å². The number of aromatic carboxylic acids is 1. The van der Waals surface area contributed by atoms with Crippen LogP contribution < -0.4 is 0 Å². The van der Waals surface area contributed by atoms with E-state index in [-0.39, 0.29) is 5.56 Å². The van der Waals surface area contributed by atoms with E-state index in [0.29, 0.717) is 16.6 Å². The van der Waals surface area contributed by atoms with Gasteiger partial charge in [0.25, 0.3) is 0 Å². The number of pyridine rings is 1. The van der Waals surface area contributed by atoms with Crippen LogP contribution >= 0.6 is 15.9 Å². The Labute approximate surface area is 146 Å². The number of aromatic nitrogens is 1. The summed E-state index contributed by atoms with van der Waals surface area (Å²) in [5.74, 6) is -0.950. The largest absolute Gasteiger partial charge is 0.478 e. The van der Waals surface area contributed by atoms with E-state index in [2.05, 4.69) is 15.9 Å². The number of carbonyl (C=O) groups is 1. The van der Waals surface area contributed by atoms with Crippen LogP contribution in [-0.4, -0.2) is 16.1 Å². The third-order valence-electron chi connectivity index (χ3n) is 4.05. The summed E-state index contributed by atoms with van der Waals surface area (Å²) in [6.07, 6.45) is 0. The van der Waals surface area contributed by atoms with Crippen LogP contribution in [0.3, 0.4) is 0 Å². The van der Waals surface area contributed by atoms with Crippen molar-refractivity contribution in [3.63, 3.8) is 0 Å². The second-order valence-electron chi connectivity index (χ2n) is 5.55. The Kier molecular flexibility index (Phi) is 3.54. The van der Waals surface area contributed by atoms with E-state index in [1.807, 2.05) is 60.7 Å². The van der Waals surface area contributed by atoms with Crippen LogP contribution in [0.2, 0.25) is 0 Å². The van der Waals surface area contributed by atoms with Crippen LogP contribution in [0.15, 0.2) is 71.2 Å². The molecule has 4 heteroatoms. The molecule has 0 bridgehead atoms. The number of carboxylic acids is 1. The average molecular weight is 378 g/mol. The Morgan fingerprint density at radius 3 is 2.54 bits per heavy atom. The highest BCUT2D eigenvalue weighted by molar-refractivity contribution is 9.10. The van der Waals surface area contributed by atoms with E-state index in [9.17, 15) is 9.90 Å². The SMILES string of the molecule is O=C(O)c1cc(-c2cccc(Br)c2)nc2c1ccc1ccccc12. The summed E-state index contributed by atoms with van der Waals surface area (Å²) in [5.41, 5.74) is 2.50. The molecule has 0 saturated carbocycles. The lowest BCUT2D eigenvalue weighted by Gasteiger charge is -2.10. The molecule has 0 atom stereocenters. The molecule has 4 rings (SSSR count). The van der Waals surface area contributed by atoms with Crippen LogP contribution in [0.4, 0.5) is 0 Å². The molecule has 1 aromatic heterocycles. The molecule has 0 aliphatic rings. The molecule has 0 amide bonds. The van der Waals surface area contributed by atoms with Gasteiger partial charge in [-0.05, 0) is 23.6 Å². The minimum absolute atomic E-state index is 0.265. The highest BCUT2D eigenvalue weighted by Gasteiger charge is 2.14. The van der Waals surface area contributed by atoms with Crippen molar-refractivity contribution in [1.82, 2.24) is 4.98 Å². The Bertz CT molecular complexity index is 1110. The van der Waals surface area contributed by atoms with Crippen molar-refractivity contribution in [1.29, 1.82) is 0 Å². The van der Waals surface area contributed by atoms with Crippen LogP contribution in [0.5, 0.6) is 0 Å². The van der Waals surface area contributed by atoms with Crippen LogP contribution in [0.1, 0.15) is 10.4 Å². The maximum Gasteiger partial charge on any atom is 0.336 e. The third-order valence-corrected chi connectivity index (χ3v) is 4.55. The monoisotopic (exact) mass is 377 g/mol. The van der Waals surface area contributed by atoms with Crippen molar-refractivity contribution >= 4 is 43.6 Å². The Hall–Kier alpha value is -2.72. The second-order valence-corrected chi connectivity index (χ2v) is 6.47. The molecular weight excluding hydrogens is 366 g/mol. The molecule has 0 spiro atoms. The van der Waals surface area contributed by atoms with Crippen molar-refractivity contribution in [2.75, 3.05) is 0 Å². The van der Waals surface area contributed by atoms with Gasteiger partial charge in [-0.15, -0.1) is 0 Å². The molecule has 0 unspecified atom stereocenters. The van der Waals surface area contributed by atoms with Crippen LogP contribution in [-0.2, 0) is 0 Å². The summed E-state index contributed by atoms with van der Waals surface area (Å²) in [6, 6.07) is 21.0. The second kappa shape index (κ2) is 5.73. The fourth-order valence-corrected chi connectivity index (χ4v) is 3.33. The summed E-state index contributed by atoms with van der Waals surface area (Å²) in [5, 5.41) is 12.3. The minimum atomic E-state index is -0.950. The molecule has 24 heavy (non-hydrogen) atoms. The van der Waals surface area contributed by atoms with Gasteiger partial charge in [0.1, 0.15) is 0 Å². The van der Waals surface area contributed by atoms with Gasteiger partial charge >= 0.3 is 5.97 Å². The predicted octanol–water partition coefficient (Wildman–Crippen LogP) is 5.52. The molecule has 4 aromatic rings. The van der Waals surface area contributed by atoms with Crippen molar-refractivity contribution in [3.8, 4) is 11.3 Å². The highest BCUT2D eigenvalue weighted by atomic mass is 79.9. The van der Waals surface area contributed by atoms with Gasteiger partial charge < -0.3 is 5.11 Å². The summed E-state index contributed by atoms with van der Waals surface area (Å²) in [6.45, 7) is 0. The first-order valence-electron chi connectivity index (χ1n) is 7.45. The minimum Gasteiger partial charge on any atom is -0.478 e. The fourth-order valence-electron chi connectivity index (χ4n) is 2.93. The first kappa shape index (κ1) is 14.8. The van der Waals surface area contributed by atoms with Crippen molar-refractivity contribution in [3.05, 3.63) is 76.8 Å². The van der Waals surface area contributed by atoms with E-state index < -0.39 is 5.97 Å². The van der Waals surface area contributed by atoms with Gasteiger partial charge in [-0.3, -0.25) is 0 Å². The van der Waals surface area contributed by atoms with Gasteiger partial charge in [0, 0.05) is 20.8 Å². The smallest absolute Gasteiger partial charge is 0.336 e. The third kappa shape index (κ3) is 2.45. The summed E-state index contributed by atoms with van der Waals surface area (Å²) < 4.78 is 0.927. The molecule has 3 nitrogen and oxygen atoms in total. The highest BCUT2D eigenvalue weighted by Crippen LogP contribution is 2.30. The first-order valence-corrected chi connectivity index (χ1v) is 8.24. The lowest BCUT2D eigenvalue weighted by Crippen LogP contribution is -2.00. The molecule has 116 valence electrons. The number of hydrogen-bond donors (Lipinski definition) is 1. The number of carboxylic acid groups (broad SMARTS) is 1. The normalized spacial score (nSPS) is 11.0. The Balaban J connectivity index is 2.12. The van der Waals surface area contributed by atoms with Crippen molar-refractivity contribution in [2.24, 2.45) is 0 Å². The number of halogens is 1. The van der Waals surface area contributed by atoms with Crippen LogP contribution in [0.25, 0.3) is 32.9 Å². The average Bonchev–Trinajstić information content (AvgIpc) is 2.60. The van der Waals surface area contributed by atoms with E-state index in [1.165, 1.54) is 0 Å². The van der Waals surface area contributed by atoms with Gasteiger partial charge in [0.05, 0.1) is 16.8 Å². The van der Waals surface area contributed by atoms with E-state index in [1.54, 1.807) is 6.07 Å². The van der Waals surface area contributed by atoms with E-state index >= 15 is 0 Å². The molecule has 3 aromatic carbocycles. The van der Waals surface area contributed by atoms with Crippen LogP contribution in [0, 0.1) is 0 Å². The lowest BCUT2D eigenvalue weighted by molar-refractivity contribution is 0.0699. The standard InChI is InChI=1S/C20H12BrNO2/c21-14-6-3-5-13(10-14)18-11-17(20(23)24)16-9-8-12-4-1-2-7-15(12)19(16)22-18/h1-11H,(H,23,24). The predicted molar refractivity (Wildman–Crippen MR) is 99.3 cm³/mol. The van der Waals surface area contributed by atoms with Gasteiger partial charge in [0.2, 0.25) is 0 Å². The maximum atomic E-state index is 11.8. The zero-order valence-corrected chi connectivity index (χ0v) is 14.1. The summed E-state index contributed by atoms with van der Waals surface area (Å²) >= 11 is 3.45. The molecule has 1 heterocycles. The number of fused-ring (bicyclic) bond motifs is 3. The topological polar surface area (TPSA) is 50.2 Å². The Morgan fingerprint density at radius 1 is 0.917 bits per heavy atom. The van der Waals surface area contributed by atoms with Gasteiger partial charge in [-0.1, -0.05) is 64.5 Å². The molecule has 1 N–H and O–H groups in total. The summed E-state index contributed by atoms with van der Waals surface area (Å²) in [7, 11) is 0. The lowest BCUT2D eigenvalue weighted by atomic mass is 10.00. The van der Waals surface area contributed by atoms with Gasteiger partial charge in [0.15, 0.2) is 0 Å². The van der Waals surface area contributed by atoms with E-state index in [4.69, 9.17) is 4.98 Å². The number of rotatable bonds is 2.